The van der Waals surface area contributed by atoms with Gasteiger partial charge >= 0.3 is 0 Å². The third-order valence-electron chi connectivity index (χ3n) is 3.67. The van der Waals surface area contributed by atoms with E-state index in [4.69, 9.17) is 16.3 Å². The van der Waals surface area contributed by atoms with Gasteiger partial charge in [0.1, 0.15) is 11.6 Å². The highest BCUT2D eigenvalue weighted by molar-refractivity contribution is 8.00. The summed E-state index contributed by atoms with van der Waals surface area (Å²) in [4.78, 5) is 12.6. The molecule has 3 rings (SSSR count). The smallest absolute Gasteiger partial charge is 0.269 e. The lowest BCUT2D eigenvalue weighted by Gasteiger charge is -2.24. The molecule has 0 radical (unpaired) electrons. The number of carbonyl (C=O) groups excluding carboxylic acids is 1. The van der Waals surface area contributed by atoms with Gasteiger partial charge in [-0.15, -0.1) is 10.2 Å². The largest absolute Gasteiger partial charge is 0.478 e. The number of halogens is 2. The van der Waals surface area contributed by atoms with Crippen molar-refractivity contribution in [1.82, 2.24) is 10.2 Å². The lowest BCUT2D eigenvalue weighted by atomic mass is 10.1. The molecule has 1 heterocycles. The van der Waals surface area contributed by atoms with Gasteiger partial charge in [-0.1, -0.05) is 52.9 Å². The maximum atomic E-state index is 13.7. The van der Waals surface area contributed by atoms with Crippen molar-refractivity contribution < 1.29 is 13.9 Å². The molecule has 0 saturated carbocycles. The molecular formula is C19H17ClFN3O2S2. The third-order valence-corrected chi connectivity index (χ3v) is 5.94. The van der Waals surface area contributed by atoms with Crippen LogP contribution in [0.2, 0.25) is 5.02 Å². The van der Waals surface area contributed by atoms with Gasteiger partial charge in [0.25, 0.3) is 5.91 Å². The van der Waals surface area contributed by atoms with E-state index in [1.807, 2.05) is 0 Å². The van der Waals surface area contributed by atoms with Crippen LogP contribution in [0, 0.1) is 5.82 Å². The number of ether oxygens (including phenoxy) is 1. The number of nitrogens with zero attached hydrogens (tertiary/aromatic N) is 2. The predicted octanol–water partition coefficient (Wildman–Crippen LogP) is 5.42. The second-order valence-corrected chi connectivity index (χ2v) is 8.91. The SMILES string of the molecule is CC(C)(Oc1ccc(Cl)cc1)C(=O)Nc1nnc(SCc2ccccc2F)s1. The molecule has 0 aliphatic rings. The number of benzene rings is 2. The molecule has 5 nitrogen and oxygen atoms in total. The molecule has 0 fully saturated rings. The molecule has 0 saturated heterocycles. The van der Waals surface area contributed by atoms with Crippen LogP contribution in [-0.2, 0) is 10.5 Å². The molecule has 0 aliphatic heterocycles. The van der Waals surface area contributed by atoms with Gasteiger partial charge in [0.05, 0.1) is 0 Å². The van der Waals surface area contributed by atoms with E-state index >= 15 is 0 Å². The highest BCUT2D eigenvalue weighted by Gasteiger charge is 2.31. The van der Waals surface area contributed by atoms with Crippen molar-refractivity contribution in [2.75, 3.05) is 5.32 Å². The molecule has 146 valence electrons. The molecule has 0 aliphatic carbocycles. The van der Waals surface area contributed by atoms with Gasteiger partial charge in [0.15, 0.2) is 9.94 Å². The van der Waals surface area contributed by atoms with Crippen LogP contribution < -0.4 is 10.1 Å². The quantitative estimate of drug-likeness (QED) is 0.395. The van der Waals surface area contributed by atoms with Crippen LogP contribution in [0.3, 0.4) is 0 Å². The Morgan fingerprint density at radius 2 is 1.93 bits per heavy atom. The Morgan fingerprint density at radius 1 is 1.21 bits per heavy atom. The minimum atomic E-state index is -1.13. The number of aromatic nitrogens is 2. The number of hydrogen-bond donors (Lipinski definition) is 1. The summed E-state index contributed by atoms with van der Waals surface area (Å²) < 4.78 is 20.1. The van der Waals surface area contributed by atoms with E-state index in [2.05, 4.69) is 15.5 Å². The zero-order valence-corrected chi connectivity index (χ0v) is 17.5. The molecule has 0 atom stereocenters. The number of thioether (sulfide) groups is 1. The Morgan fingerprint density at radius 3 is 2.64 bits per heavy atom. The Kier molecular flexibility index (Phi) is 6.53. The van der Waals surface area contributed by atoms with Crippen molar-refractivity contribution in [3.8, 4) is 5.75 Å². The average Bonchev–Trinajstić information content (AvgIpc) is 3.10. The summed E-state index contributed by atoms with van der Waals surface area (Å²) in [7, 11) is 0. The van der Waals surface area contributed by atoms with Gasteiger partial charge in [0, 0.05) is 10.8 Å². The summed E-state index contributed by atoms with van der Waals surface area (Å²) in [6, 6.07) is 13.3. The van der Waals surface area contributed by atoms with Gasteiger partial charge in [-0.25, -0.2) is 4.39 Å². The molecule has 0 bridgehead atoms. The van der Waals surface area contributed by atoms with Crippen LogP contribution in [0.5, 0.6) is 5.75 Å². The molecule has 1 aromatic heterocycles. The van der Waals surface area contributed by atoms with Crippen LogP contribution >= 0.6 is 34.7 Å². The summed E-state index contributed by atoms with van der Waals surface area (Å²) in [5.74, 6) is 0.349. The zero-order valence-electron chi connectivity index (χ0n) is 15.1. The molecular weight excluding hydrogens is 421 g/mol. The Hall–Kier alpha value is -2.16. The van der Waals surface area contributed by atoms with Gasteiger partial charge in [-0.2, -0.15) is 0 Å². The van der Waals surface area contributed by atoms with Gasteiger partial charge < -0.3 is 4.74 Å². The fourth-order valence-electron chi connectivity index (χ4n) is 2.16. The number of carbonyl (C=O) groups is 1. The van der Waals surface area contributed by atoms with Crippen LogP contribution in [-0.4, -0.2) is 21.7 Å². The molecule has 3 aromatic rings. The molecule has 0 unspecified atom stereocenters. The Bertz CT molecular complexity index is 964. The maximum Gasteiger partial charge on any atom is 0.269 e. The monoisotopic (exact) mass is 437 g/mol. The van der Waals surface area contributed by atoms with Gasteiger partial charge in [0.2, 0.25) is 5.13 Å². The predicted molar refractivity (Wildman–Crippen MR) is 111 cm³/mol. The van der Waals surface area contributed by atoms with Crippen molar-refractivity contribution in [3.05, 3.63) is 64.9 Å². The standard InChI is InChI=1S/C19H17ClFN3O2S2/c1-19(2,26-14-9-7-13(20)8-10-14)16(25)22-17-23-24-18(28-17)27-11-12-5-3-4-6-15(12)21/h3-10H,11H2,1-2H3,(H,22,23,25). The van der Waals surface area contributed by atoms with Crippen molar-refractivity contribution in [3.63, 3.8) is 0 Å². The molecule has 2 aromatic carbocycles. The topological polar surface area (TPSA) is 64.1 Å². The second kappa shape index (κ2) is 8.89. The number of hydrogen-bond acceptors (Lipinski definition) is 6. The lowest BCUT2D eigenvalue weighted by molar-refractivity contribution is -0.128. The van der Waals surface area contributed by atoms with Crippen molar-refractivity contribution >= 4 is 45.7 Å². The van der Waals surface area contributed by atoms with Crippen molar-refractivity contribution in [2.24, 2.45) is 0 Å². The molecule has 28 heavy (non-hydrogen) atoms. The number of nitrogens with one attached hydrogen (secondary N) is 1. The minimum Gasteiger partial charge on any atom is -0.478 e. The van der Waals surface area contributed by atoms with E-state index in [1.165, 1.54) is 29.2 Å². The fraction of sp³-hybridized carbons (Fsp3) is 0.211. The lowest BCUT2D eigenvalue weighted by Crippen LogP contribution is -2.42. The van der Waals surface area contributed by atoms with E-state index in [9.17, 15) is 9.18 Å². The van der Waals surface area contributed by atoms with E-state index in [-0.39, 0.29) is 11.7 Å². The third kappa shape index (κ3) is 5.43. The van der Waals surface area contributed by atoms with Gasteiger partial charge in [-0.3, -0.25) is 10.1 Å². The van der Waals surface area contributed by atoms with E-state index in [0.29, 0.717) is 31.6 Å². The van der Waals surface area contributed by atoms with Crippen LogP contribution in [0.1, 0.15) is 19.4 Å². The second-order valence-electron chi connectivity index (χ2n) is 6.27. The maximum absolute atomic E-state index is 13.7. The Balaban J connectivity index is 1.58. The van der Waals surface area contributed by atoms with Crippen molar-refractivity contribution in [2.45, 2.75) is 29.5 Å². The first-order valence-electron chi connectivity index (χ1n) is 8.29. The van der Waals surface area contributed by atoms with Crippen LogP contribution in [0.4, 0.5) is 9.52 Å². The summed E-state index contributed by atoms with van der Waals surface area (Å²) in [5, 5.41) is 11.7. The molecule has 1 amide bonds. The minimum absolute atomic E-state index is 0.255. The van der Waals surface area contributed by atoms with E-state index in [0.717, 1.165) is 0 Å². The van der Waals surface area contributed by atoms with Crippen molar-refractivity contribution in [1.29, 1.82) is 0 Å². The fourth-order valence-corrected chi connectivity index (χ4v) is 4.02. The van der Waals surface area contributed by atoms with Gasteiger partial charge in [-0.05, 0) is 49.7 Å². The number of rotatable bonds is 7. The summed E-state index contributed by atoms with van der Waals surface area (Å²) in [6.07, 6.45) is 0. The summed E-state index contributed by atoms with van der Waals surface area (Å²) in [6.45, 7) is 3.32. The highest BCUT2D eigenvalue weighted by Crippen LogP contribution is 2.30. The van der Waals surface area contributed by atoms with Crippen LogP contribution in [0.15, 0.2) is 52.9 Å². The molecule has 1 N–H and O–H groups in total. The highest BCUT2D eigenvalue weighted by atomic mass is 35.5. The normalized spacial score (nSPS) is 11.3. The summed E-state index contributed by atoms with van der Waals surface area (Å²) in [5.41, 5.74) is -0.536. The average molecular weight is 438 g/mol. The first-order valence-corrected chi connectivity index (χ1v) is 10.5. The molecule has 0 spiro atoms. The number of anilines is 1. The first kappa shape index (κ1) is 20.6. The van der Waals surface area contributed by atoms with E-state index in [1.54, 1.807) is 56.3 Å². The van der Waals surface area contributed by atoms with E-state index < -0.39 is 5.60 Å². The molecule has 9 heteroatoms. The summed E-state index contributed by atoms with van der Waals surface area (Å²) >= 11 is 8.44. The Labute approximate surface area is 175 Å². The first-order chi connectivity index (χ1) is 13.3. The zero-order chi connectivity index (χ0) is 20.1. The van der Waals surface area contributed by atoms with Crippen LogP contribution in [0.25, 0.3) is 0 Å². The number of amides is 1.